The Labute approximate surface area is 106 Å². The molecule has 0 aromatic carbocycles. The van der Waals surface area contributed by atoms with Crippen LogP contribution in [0.4, 0.5) is 0 Å². The van der Waals surface area contributed by atoms with Gasteiger partial charge in [0.15, 0.2) is 0 Å². The van der Waals surface area contributed by atoms with Crippen LogP contribution in [0.15, 0.2) is 12.4 Å². The molecule has 2 N–H and O–H groups in total. The first-order valence-electron chi connectivity index (χ1n) is 5.51. The summed E-state index contributed by atoms with van der Waals surface area (Å²) in [6, 6.07) is 0. The quantitative estimate of drug-likeness (QED) is 0.622. The van der Waals surface area contributed by atoms with E-state index >= 15 is 0 Å². The number of aryl methyl sites for hydroxylation is 1. The van der Waals surface area contributed by atoms with Gasteiger partial charge in [0.25, 0.3) is 0 Å². The van der Waals surface area contributed by atoms with Crippen LogP contribution in [0, 0.1) is 0 Å². The van der Waals surface area contributed by atoms with Gasteiger partial charge in [-0.15, -0.1) is 0 Å². The number of aromatic nitrogens is 2. The molecule has 0 aliphatic carbocycles. The maximum absolute atomic E-state index is 11.3. The Balaban J connectivity index is 2.26. The van der Waals surface area contributed by atoms with Crippen molar-refractivity contribution in [1.29, 1.82) is 0 Å². The highest BCUT2D eigenvalue weighted by Crippen LogP contribution is 2.13. The van der Waals surface area contributed by atoms with Crippen LogP contribution in [0.25, 0.3) is 0 Å². The summed E-state index contributed by atoms with van der Waals surface area (Å²) in [6.07, 6.45) is 5.68. The van der Waals surface area contributed by atoms with Crippen LogP contribution in [0.1, 0.15) is 26.2 Å². The summed E-state index contributed by atoms with van der Waals surface area (Å²) in [5, 5.41) is 4.69. The fraction of sp³-hybridized carbons (Fsp3) is 0.636. The minimum atomic E-state index is -0.906. The molecular weight excluding hydrogens is 242 g/mol. The van der Waals surface area contributed by atoms with Crippen molar-refractivity contribution in [2.24, 2.45) is 5.73 Å². The van der Waals surface area contributed by atoms with Gasteiger partial charge in [0.05, 0.1) is 18.3 Å². The zero-order valence-electron chi connectivity index (χ0n) is 10.1. The fourth-order valence-electron chi connectivity index (χ4n) is 1.56. The lowest BCUT2D eigenvalue weighted by Gasteiger charge is -2.20. The Hall–Kier alpha value is -1.07. The minimum absolute atomic E-state index is 0.375. The van der Waals surface area contributed by atoms with Gasteiger partial charge in [-0.1, -0.05) is 11.6 Å². The fourth-order valence-corrected chi connectivity index (χ4v) is 1.72. The molecule has 0 radical (unpaired) electrons. The van der Waals surface area contributed by atoms with E-state index in [-0.39, 0.29) is 5.97 Å². The first kappa shape index (κ1) is 14.0. The second-order valence-electron chi connectivity index (χ2n) is 4.29. The standard InChI is InChI=1S/C11H18ClN3O2/c1-11(13,10(16)17-2)5-3-4-6-15-8-9(12)7-14-15/h7-8H,3-6,13H2,1-2H3. The number of carbonyl (C=O) groups excluding carboxylic acids is 1. The molecule has 0 saturated carbocycles. The van der Waals surface area contributed by atoms with E-state index in [2.05, 4.69) is 9.84 Å². The van der Waals surface area contributed by atoms with Crippen molar-refractivity contribution in [2.45, 2.75) is 38.3 Å². The van der Waals surface area contributed by atoms with Crippen molar-refractivity contribution < 1.29 is 9.53 Å². The normalized spacial score (nSPS) is 14.4. The van der Waals surface area contributed by atoms with Crippen molar-refractivity contribution in [3.63, 3.8) is 0 Å². The lowest BCUT2D eigenvalue weighted by atomic mass is 9.96. The number of carbonyl (C=O) groups is 1. The van der Waals surface area contributed by atoms with Gasteiger partial charge in [-0.05, 0) is 26.2 Å². The smallest absolute Gasteiger partial charge is 0.325 e. The number of rotatable bonds is 6. The third-order valence-corrected chi connectivity index (χ3v) is 2.78. The number of methoxy groups -OCH3 is 1. The Bertz CT molecular complexity index is 377. The second kappa shape index (κ2) is 6.02. The van der Waals surface area contributed by atoms with E-state index in [1.54, 1.807) is 24.0 Å². The first-order valence-corrected chi connectivity index (χ1v) is 5.89. The lowest BCUT2D eigenvalue weighted by molar-refractivity contribution is -0.146. The average Bonchev–Trinajstić information content (AvgIpc) is 2.69. The van der Waals surface area contributed by atoms with Crippen LogP contribution >= 0.6 is 11.6 Å². The largest absolute Gasteiger partial charge is 0.468 e. The highest BCUT2D eigenvalue weighted by Gasteiger charge is 2.28. The maximum Gasteiger partial charge on any atom is 0.325 e. The summed E-state index contributed by atoms with van der Waals surface area (Å²) in [6.45, 7) is 2.45. The zero-order valence-corrected chi connectivity index (χ0v) is 10.9. The molecule has 0 aliphatic rings. The third kappa shape index (κ3) is 4.36. The molecular formula is C11H18ClN3O2. The molecule has 1 atom stereocenters. The van der Waals surface area contributed by atoms with Gasteiger partial charge < -0.3 is 10.5 Å². The van der Waals surface area contributed by atoms with Crippen LogP contribution in [0.3, 0.4) is 0 Å². The number of halogens is 1. The van der Waals surface area contributed by atoms with Gasteiger partial charge >= 0.3 is 5.97 Å². The van der Waals surface area contributed by atoms with Gasteiger partial charge in [0, 0.05) is 12.7 Å². The van der Waals surface area contributed by atoms with E-state index in [0.717, 1.165) is 19.4 Å². The molecule has 0 fully saturated rings. The molecule has 1 unspecified atom stereocenters. The molecule has 96 valence electrons. The van der Waals surface area contributed by atoms with Crippen LogP contribution in [0.2, 0.25) is 5.02 Å². The molecule has 0 spiro atoms. The van der Waals surface area contributed by atoms with Crippen molar-refractivity contribution in [1.82, 2.24) is 9.78 Å². The van der Waals surface area contributed by atoms with Crippen LogP contribution < -0.4 is 5.73 Å². The second-order valence-corrected chi connectivity index (χ2v) is 4.72. The average molecular weight is 260 g/mol. The summed E-state index contributed by atoms with van der Waals surface area (Å²) in [7, 11) is 1.35. The first-order chi connectivity index (χ1) is 7.95. The lowest BCUT2D eigenvalue weighted by Crippen LogP contribution is -2.45. The predicted molar refractivity (Wildman–Crippen MR) is 65.7 cm³/mol. The summed E-state index contributed by atoms with van der Waals surface area (Å²) in [5.74, 6) is -0.375. The van der Waals surface area contributed by atoms with E-state index in [4.69, 9.17) is 17.3 Å². The maximum atomic E-state index is 11.3. The number of unbranched alkanes of at least 4 members (excludes halogenated alkanes) is 1. The highest BCUT2D eigenvalue weighted by atomic mass is 35.5. The van der Waals surface area contributed by atoms with Gasteiger partial charge in [-0.2, -0.15) is 5.10 Å². The third-order valence-electron chi connectivity index (χ3n) is 2.59. The van der Waals surface area contributed by atoms with Crippen molar-refractivity contribution in [3.05, 3.63) is 17.4 Å². The Morgan fingerprint density at radius 1 is 1.65 bits per heavy atom. The van der Waals surface area contributed by atoms with Crippen molar-refractivity contribution in [2.75, 3.05) is 7.11 Å². The van der Waals surface area contributed by atoms with E-state index in [1.165, 1.54) is 7.11 Å². The number of hydrogen-bond acceptors (Lipinski definition) is 4. The zero-order chi connectivity index (χ0) is 12.9. The number of nitrogens with zero attached hydrogens (tertiary/aromatic N) is 2. The van der Waals surface area contributed by atoms with E-state index in [0.29, 0.717) is 11.4 Å². The van der Waals surface area contributed by atoms with Crippen molar-refractivity contribution >= 4 is 17.6 Å². The Morgan fingerprint density at radius 3 is 2.88 bits per heavy atom. The molecule has 0 bridgehead atoms. The van der Waals surface area contributed by atoms with E-state index < -0.39 is 5.54 Å². The molecule has 17 heavy (non-hydrogen) atoms. The van der Waals surface area contributed by atoms with E-state index in [9.17, 15) is 4.79 Å². The monoisotopic (exact) mass is 259 g/mol. The van der Waals surface area contributed by atoms with Gasteiger partial charge in [-0.25, -0.2) is 0 Å². The number of nitrogens with two attached hydrogens (primary N) is 1. The summed E-state index contributed by atoms with van der Waals surface area (Å²) in [5.41, 5.74) is 4.93. The number of ether oxygens (including phenoxy) is 1. The molecule has 0 aliphatic heterocycles. The van der Waals surface area contributed by atoms with Gasteiger partial charge in [-0.3, -0.25) is 9.48 Å². The Kier molecular flexibility index (Phi) is 4.96. The molecule has 0 amide bonds. The SMILES string of the molecule is COC(=O)C(C)(N)CCCCn1cc(Cl)cn1. The molecule has 1 aromatic rings. The van der Waals surface area contributed by atoms with Crippen LogP contribution in [0.5, 0.6) is 0 Å². The van der Waals surface area contributed by atoms with Crippen LogP contribution in [-0.4, -0.2) is 28.4 Å². The summed E-state index contributed by atoms with van der Waals surface area (Å²) < 4.78 is 6.41. The summed E-state index contributed by atoms with van der Waals surface area (Å²) >= 11 is 5.74. The van der Waals surface area contributed by atoms with E-state index in [1.807, 2.05) is 0 Å². The van der Waals surface area contributed by atoms with Crippen molar-refractivity contribution in [3.8, 4) is 0 Å². The molecule has 1 aromatic heterocycles. The highest BCUT2D eigenvalue weighted by molar-refractivity contribution is 6.30. The molecule has 0 saturated heterocycles. The number of hydrogen-bond donors (Lipinski definition) is 1. The van der Waals surface area contributed by atoms with Crippen LogP contribution in [-0.2, 0) is 16.1 Å². The van der Waals surface area contributed by atoms with Gasteiger partial charge in [0.2, 0.25) is 0 Å². The summed E-state index contributed by atoms with van der Waals surface area (Å²) in [4.78, 5) is 11.3. The molecule has 6 heteroatoms. The molecule has 5 nitrogen and oxygen atoms in total. The molecule has 1 heterocycles. The predicted octanol–water partition coefficient (Wildman–Crippen LogP) is 1.60. The number of esters is 1. The molecule has 1 rings (SSSR count). The minimum Gasteiger partial charge on any atom is -0.468 e. The Morgan fingerprint density at radius 2 is 2.35 bits per heavy atom. The topological polar surface area (TPSA) is 70.1 Å². The van der Waals surface area contributed by atoms with Gasteiger partial charge in [0.1, 0.15) is 5.54 Å².